The predicted molar refractivity (Wildman–Crippen MR) is 77.7 cm³/mol. The Bertz CT molecular complexity index is 547. The summed E-state index contributed by atoms with van der Waals surface area (Å²) in [4.78, 5) is 0. The Labute approximate surface area is 115 Å². The van der Waals surface area contributed by atoms with Crippen LogP contribution in [-0.4, -0.2) is 32.5 Å². The first-order valence-electron chi connectivity index (χ1n) is 6.61. The number of benzene rings is 1. The van der Waals surface area contributed by atoms with E-state index in [1.54, 1.807) is 6.92 Å². The number of hydrogen-bond acceptors (Lipinski definition) is 4. The van der Waals surface area contributed by atoms with Crippen LogP contribution in [0.1, 0.15) is 24.0 Å². The Morgan fingerprint density at radius 3 is 2.11 bits per heavy atom. The third-order valence-corrected chi connectivity index (χ3v) is 6.69. The first-order chi connectivity index (χ1) is 8.93. The largest absolute Gasteiger partial charge is 0.330 e. The molecule has 0 amide bonds. The zero-order valence-electron chi connectivity index (χ0n) is 11.5. The Balaban J connectivity index is 2.42. The van der Waals surface area contributed by atoms with Crippen LogP contribution in [-0.2, 0) is 9.84 Å². The van der Waals surface area contributed by atoms with Gasteiger partial charge in [-0.3, -0.25) is 0 Å². The summed E-state index contributed by atoms with van der Waals surface area (Å²) in [7, 11) is -3.12. The molecule has 0 aliphatic heterocycles. The van der Waals surface area contributed by atoms with Crippen LogP contribution in [0.5, 0.6) is 0 Å². The van der Waals surface area contributed by atoms with Crippen LogP contribution in [0.2, 0.25) is 0 Å². The van der Waals surface area contributed by atoms with E-state index in [4.69, 9.17) is 11.5 Å². The fraction of sp³-hybridized carbons (Fsp3) is 0.571. The summed E-state index contributed by atoms with van der Waals surface area (Å²) in [6, 6.07) is 7.98. The van der Waals surface area contributed by atoms with E-state index in [-0.39, 0.29) is 11.7 Å². The fourth-order valence-electron chi connectivity index (χ4n) is 3.05. The molecule has 4 N–H and O–H groups in total. The normalized spacial score (nSPS) is 25.3. The summed E-state index contributed by atoms with van der Waals surface area (Å²) in [6.45, 7) is 4.31. The van der Waals surface area contributed by atoms with E-state index >= 15 is 0 Å². The van der Waals surface area contributed by atoms with Gasteiger partial charge in [0.1, 0.15) is 0 Å². The van der Waals surface area contributed by atoms with E-state index in [0.29, 0.717) is 13.1 Å². The molecule has 1 saturated carbocycles. The number of rotatable bonds is 5. The van der Waals surface area contributed by atoms with Crippen LogP contribution in [0.15, 0.2) is 24.3 Å². The van der Waals surface area contributed by atoms with Crippen LogP contribution in [0, 0.1) is 12.3 Å². The predicted octanol–water partition coefficient (Wildman–Crippen LogP) is 0.799. The highest BCUT2D eigenvalue weighted by Gasteiger charge is 2.68. The Kier molecular flexibility index (Phi) is 3.73. The van der Waals surface area contributed by atoms with Gasteiger partial charge in [0.25, 0.3) is 0 Å². The second-order valence-electron chi connectivity index (χ2n) is 5.40. The van der Waals surface area contributed by atoms with Crippen LogP contribution < -0.4 is 11.5 Å². The molecule has 0 spiro atoms. The maximum atomic E-state index is 12.2. The molecule has 1 aromatic rings. The fourth-order valence-corrected chi connectivity index (χ4v) is 5.23. The summed E-state index contributed by atoms with van der Waals surface area (Å²) in [5.74, 6) is 0.0787. The van der Waals surface area contributed by atoms with Gasteiger partial charge in [0.05, 0.1) is 5.25 Å². The molecule has 106 valence electrons. The Morgan fingerprint density at radius 1 is 1.16 bits per heavy atom. The third kappa shape index (κ3) is 2.20. The minimum Gasteiger partial charge on any atom is -0.330 e. The van der Waals surface area contributed by atoms with E-state index < -0.39 is 20.5 Å². The molecule has 1 fully saturated rings. The molecular formula is C14H22N2O2S. The molecule has 0 bridgehead atoms. The Hall–Kier alpha value is -0.910. The lowest BCUT2D eigenvalue weighted by Gasteiger charge is -2.12. The molecule has 1 aromatic carbocycles. The van der Waals surface area contributed by atoms with Gasteiger partial charge in [0.2, 0.25) is 0 Å². The number of nitrogens with two attached hydrogens (primary N) is 2. The van der Waals surface area contributed by atoms with Crippen LogP contribution in [0.4, 0.5) is 0 Å². The summed E-state index contributed by atoms with van der Waals surface area (Å²) in [5.41, 5.74) is 13.4. The van der Waals surface area contributed by atoms with Crippen molar-refractivity contribution in [3.8, 4) is 0 Å². The number of hydrogen-bond donors (Lipinski definition) is 2. The second kappa shape index (κ2) is 4.89. The minimum absolute atomic E-state index is 0.0620. The molecule has 0 saturated heterocycles. The van der Waals surface area contributed by atoms with Gasteiger partial charge in [-0.1, -0.05) is 36.8 Å². The second-order valence-corrected chi connectivity index (χ2v) is 7.81. The highest BCUT2D eigenvalue weighted by molar-refractivity contribution is 7.92. The van der Waals surface area contributed by atoms with Crippen molar-refractivity contribution in [2.24, 2.45) is 16.9 Å². The molecule has 5 heteroatoms. The summed E-state index contributed by atoms with van der Waals surface area (Å²) >= 11 is 0. The quantitative estimate of drug-likeness (QED) is 0.836. The highest BCUT2D eigenvalue weighted by atomic mass is 32.2. The summed E-state index contributed by atoms with van der Waals surface area (Å²) in [5, 5.41) is -0.428. The van der Waals surface area contributed by atoms with E-state index in [0.717, 1.165) is 11.1 Å². The molecule has 2 atom stereocenters. The molecule has 1 aliphatic rings. The van der Waals surface area contributed by atoms with E-state index in [2.05, 4.69) is 0 Å². The molecule has 2 rings (SSSR count). The number of aryl methyl sites for hydroxylation is 1. The molecule has 19 heavy (non-hydrogen) atoms. The molecule has 0 radical (unpaired) electrons. The summed E-state index contributed by atoms with van der Waals surface area (Å²) in [6.07, 6.45) is 0. The van der Waals surface area contributed by atoms with Crippen LogP contribution >= 0.6 is 0 Å². The first kappa shape index (κ1) is 14.5. The lowest BCUT2D eigenvalue weighted by Crippen LogP contribution is -2.31. The average molecular weight is 282 g/mol. The van der Waals surface area contributed by atoms with Gasteiger partial charge >= 0.3 is 0 Å². The SMILES string of the molecule is CCS(=O)(=O)[C@@H]1[C@H](c2ccc(C)cc2)C1(CN)CN. The van der Waals surface area contributed by atoms with Crippen LogP contribution in [0.3, 0.4) is 0 Å². The molecule has 0 aromatic heterocycles. The average Bonchev–Trinajstić information content (AvgIpc) is 3.10. The van der Waals surface area contributed by atoms with Gasteiger partial charge in [-0.25, -0.2) is 8.42 Å². The van der Waals surface area contributed by atoms with Gasteiger partial charge < -0.3 is 11.5 Å². The van der Waals surface area contributed by atoms with Crippen molar-refractivity contribution in [1.29, 1.82) is 0 Å². The maximum absolute atomic E-state index is 12.2. The monoisotopic (exact) mass is 282 g/mol. The maximum Gasteiger partial charge on any atom is 0.154 e. The standard InChI is InChI=1S/C14H22N2O2S/c1-3-19(17,18)13-12(14(13,8-15)9-16)11-6-4-10(2)5-7-11/h4-7,12-13H,3,8-9,15-16H2,1-2H3/t12-,13+/m0/s1. The zero-order valence-corrected chi connectivity index (χ0v) is 12.3. The molecule has 4 nitrogen and oxygen atoms in total. The number of sulfone groups is 1. The summed E-state index contributed by atoms with van der Waals surface area (Å²) < 4.78 is 24.5. The van der Waals surface area contributed by atoms with Crippen molar-refractivity contribution in [2.75, 3.05) is 18.8 Å². The van der Waals surface area contributed by atoms with E-state index in [9.17, 15) is 8.42 Å². The molecule has 0 unspecified atom stereocenters. The topological polar surface area (TPSA) is 86.2 Å². The lowest BCUT2D eigenvalue weighted by molar-refractivity contribution is 0.510. The molecule has 1 aliphatic carbocycles. The highest BCUT2D eigenvalue weighted by Crippen LogP contribution is 2.61. The molecular weight excluding hydrogens is 260 g/mol. The lowest BCUT2D eigenvalue weighted by atomic mass is 9.99. The van der Waals surface area contributed by atoms with Crippen molar-refractivity contribution < 1.29 is 8.42 Å². The van der Waals surface area contributed by atoms with Gasteiger partial charge in [0.15, 0.2) is 9.84 Å². The van der Waals surface area contributed by atoms with Crippen LogP contribution in [0.25, 0.3) is 0 Å². The van der Waals surface area contributed by atoms with E-state index in [1.165, 1.54) is 0 Å². The van der Waals surface area contributed by atoms with E-state index in [1.807, 2.05) is 31.2 Å². The molecule has 0 heterocycles. The van der Waals surface area contributed by atoms with Crippen molar-refractivity contribution >= 4 is 9.84 Å². The van der Waals surface area contributed by atoms with Crippen molar-refractivity contribution in [3.63, 3.8) is 0 Å². The van der Waals surface area contributed by atoms with Gasteiger partial charge in [-0.15, -0.1) is 0 Å². The van der Waals surface area contributed by atoms with Crippen molar-refractivity contribution in [1.82, 2.24) is 0 Å². The third-order valence-electron chi connectivity index (χ3n) is 4.37. The smallest absolute Gasteiger partial charge is 0.154 e. The first-order valence-corrected chi connectivity index (χ1v) is 8.32. The Morgan fingerprint density at radius 2 is 1.68 bits per heavy atom. The van der Waals surface area contributed by atoms with Crippen molar-refractivity contribution in [2.45, 2.75) is 25.0 Å². The van der Waals surface area contributed by atoms with Gasteiger partial charge in [0, 0.05) is 30.2 Å². The van der Waals surface area contributed by atoms with Gasteiger partial charge in [-0.05, 0) is 12.5 Å². The van der Waals surface area contributed by atoms with Crippen molar-refractivity contribution in [3.05, 3.63) is 35.4 Å². The zero-order chi connectivity index (χ0) is 14.3. The van der Waals surface area contributed by atoms with Gasteiger partial charge in [-0.2, -0.15) is 0 Å². The minimum atomic E-state index is -3.12.